The Hall–Kier alpha value is -0.980. The Balaban J connectivity index is 2.74. The first-order chi connectivity index (χ1) is 10.6. The lowest BCUT2D eigenvalue weighted by atomic mass is 9.72. The van der Waals surface area contributed by atoms with Crippen molar-refractivity contribution >= 4 is 0 Å². The van der Waals surface area contributed by atoms with Gasteiger partial charge in [0, 0.05) is 5.56 Å². The average Bonchev–Trinajstić information content (AvgIpc) is 2.47. The SMILES string of the molecule is Cc1cc(C(C)C)c2c(c1C)O[C@H](C)[C@H](C)[C@H](C)CC2C(C)C. The van der Waals surface area contributed by atoms with Gasteiger partial charge in [0.1, 0.15) is 5.75 Å². The van der Waals surface area contributed by atoms with Crippen LogP contribution in [0.1, 0.15) is 89.0 Å². The van der Waals surface area contributed by atoms with Crippen molar-refractivity contribution in [3.05, 3.63) is 28.3 Å². The van der Waals surface area contributed by atoms with Crippen LogP contribution in [0.5, 0.6) is 5.75 Å². The van der Waals surface area contributed by atoms with E-state index in [4.69, 9.17) is 4.74 Å². The molecule has 0 aromatic heterocycles. The number of benzene rings is 1. The molecular formula is C22H36O. The van der Waals surface area contributed by atoms with Crippen molar-refractivity contribution in [2.75, 3.05) is 0 Å². The standard InChI is InChI=1S/C22H36O/c1-12(2)19-10-14(5)16(7)18(9)23-22-17(8)15(6)11-20(13(3)4)21(19)22/h11-14,16,18-19H,10H2,1-9H3/t14-,16-,18-,19?/m1/s1. The summed E-state index contributed by atoms with van der Waals surface area (Å²) in [5, 5.41) is 0. The Morgan fingerprint density at radius 2 is 1.65 bits per heavy atom. The quantitative estimate of drug-likeness (QED) is 0.596. The molecule has 1 heteroatoms. The van der Waals surface area contributed by atoms with Crippen LogP contribution in [0.15, 0.2) is 6.07 Å². The number of aryl methyl sites for hydroxylation is 1. The summed E-state index contributed by atoms with van der Waals surface area (Å²) in [6.45, 7) is 20.8. The molecule has 0 bridgehead atoms. The molecule has 1 unspecified atom stereocenters. The van der Waals surface area contributed by atoms with Gasteiger partial charge in [0.2, 0.25) is 0 Å². The summed E-state index contributed by atoms with van der Waals surface area (Å²) < 4.78 is 6.60. The van der Waals surface area contributed by atoms with E-state index in [1.165, 1.54) is 34.4 Å². The van der Waals surface area contributed by atoms with E-state index in [2.05, 4.69) is 68.4 Å². The normalized spacial score (nSPS) is 28.3. The van der Waals surface area contributed by atoms with Gasteiger partial charge in [-0.1, -0.05) is 47.6 Å². The smallest absolute Gasteiger partial charge is 0.126 e. The Bertz CT molecular complexity index is 556. The lowest BCUT2D eigenvalue weighted by Gasteiger charge is -2.38. The van der Waals surface area contributed by atoms with Gasteiger partial charge in [-0.25, -0.2) is 0 Å². The first-order valence-corrected chi connectivity index (χ1v) is 9.45. The lowest BCUT2D eigenvalue weighted by Crippen LogP contribution is -2.32. The number of hydrogen-bond donors (Lipinski definition) is 0. The molecule has 4 atom stereocenters. The highest BCUT2D eigenvalue weighted by molar-refractivity contribution is 5.53. The van der Waals surface area contributed by atoms with Gasteiger partial charge in [0.15, 0.2) is 0 Å². The van der Waals surface area contributed by atoms with Crippen LogP contribution in [0.25, 0.3) is 0 Å². The van der Waals surface area contributed by atoms with E-state index in [-0.39, 0.29) is 6.10 Å². The molecular weight excluding hydrogens is 280 g/mol. The molecule has 1 heterocycles. The van der Waals surface area contributed by atoms with Crippen molar-refractivity contribution in [2.24, 2.45) is 17.8 Å². The van der Waals surface area contributed by atoms with Crippen molar-refractivity contribution in [1.29, 1.82) is 0 Å². The maximum absolute atomic E-state index is 6.60. The Kier molecular flexibility index (Phi) is 5.48. The minimum Gasteiger partial charge on any atom is -0.490 e. The Morgan fingerprint density at radius 1 is 1.04 bits per heavy atom. The zero-order chi connectivity index (χ0) is 17.5. The van der Waals surface area contributed by atoms with Gasteiger partial charge in [-0.3, -0.25) is 0 Å². The molecule has 130 valence electrons. The average molecular weight is 317 g/mol. The molecule has 2 rings (SSSR count). The second-order valence-electron chi connectivity index (χ2n) is 8.55. The van der Waals surface area contributed by atoms with Gasteiger partial charge in [-0.2, -0.15) is 0 Å². The van der Waals surface area contributed by atoms with Crippen LogP contribution in [0.3, 0.4) is 0 Å². The van der Waals surface area contributed by atoms with E-state index in [9.17, 15) is 0 Å². The summed E-state index contributed by atoms with van der Waals surface area (Å²) >= 11 is 0. The maximum atomic E-state index is 6.60. The second-order valence-corrected chi connectivity index (χ2v) is 8.55. The summed E-state index contributed by atoms with van der Waals surface area (Å²) in [6, 6.07) is 2.41. The minimum atomic E-state index is 0.275. The number of fused-ring (bicyclic) bond motifs is 1. The molecule has 0 spiro atoms. The lowest BCUT2D eigenvalue weighted by molar-refractivity contribution is 0.103. The van der Waals surface area contributed by atoms with Crippen LogP contribution in [-0.4, -0.2) is 6.10 Å². The van der Waals surface area contributed by atoms with Crippen LogP contribution < -0.4 is 4.74 Å². The third-order valence-electron chi connectivity index (χ3n) is 6.22. The van der Waals surface area contributed by atoms with Crippen molar-refractivity contribution in [2.45, 2.75) is 86.7 Å². The fraction of sp³-hybridized carbons (Fsp3) is 0.727. The molecule has 0 radical (unpaired) electrons. The van der Waals surface area contributed by atoms with Crippen molar-refractivity contribution in [1.82, 2.24) is 0 Å². The molecule has 23 heavy (non-hydrogen) atoms. The topological polar surface area (TPSA) is 9.23 Å². The van der Waals surface area contributed by atoms with Crippen LogP contribution in [0.4, 0.5) is 0 Å². The van der Waals surface area contributed by atoms with E-state index < -0.39 is 0 Å². The molecule has 1 aromatic rings. The van der Waals surface area contributed by atoms with Crippen LogP contribution in [-0.2, 0) is 0 Å². The molecule has 0 saturated heterocycles. The van der Waals surface area contributed by atoms with Gasteiger partial charge >= 0.3 is 0 Å². The molecule has 1 aliphatic heterocycles. The number of ether oxygens (including phenoxy) is 1. The first-order valence-electron chi connectivity index (χ1n) is 9.45. The van der Waals surface area contributed by atoms with E-state index in [1.807, 2.05) is 0 Å². The van der Waals surface area contributed by atoms with Crippen LogP contribution in [0.2, 0.25) is 0 Å². The predicted octanol–water partition coefficient (Wildman–Crippen LogP) is 6.61. The van der Waals surface area contributed by atoms with E-state index >= 15 is 0 Å². The fourth-order valence-corrected chi connectivity index (χ4v) is 4.04. The number of rotatable bonds is 2. The molecule has 0 fully saturated rings. The monoisotopic (exact) mass is 316 g/mol. The first kappa shape index (κ1) is 18.4. The number of hydrogen-bond acceptors (Lipinski definition) is 1. The molecule has 0 amide bonds. The largest absolute Gasteiger partial charge is 0.490 e. The molecule has 1 nitrogen and oxygen atoms in total. The summed E-state index contributed by atoms with van der Waals surface area (Å²) in [5.41, 5.74) is 5.70. The summed E-state index contributed by atoms with van der Waals surface area (Å²) in [6.07, 6.45) is 1.54. The predicted molar refractivity (Wildman–Crippen MR) is 101 cm³/mol. The third-order valence-corrected chi connectivity index (χ3v) is 6.22. The highest BCUT2D eigenvalue weighted by Gasteiger charge is 2.34. The van der Waals surface area contributed by atoms with Crippen molar-refractivity contribution in [3.8, 4) is 5.75 Å². The fourth-order valence-electron chi connectivity index (χ4n) is 4.04. The van der Waals surface area contributed by atoms with Crippen molar-refractivity contribution < 1.29 is 4.74 Å². The van der Waals surface area contributed by atoms with Gasteiger partial charge in [-0.15, -0.1) is 0 Å². The van der Waals surface area contributed by atoms with Gasteiger partial charge in [-0.05, 0) is 73.5 Å². The van der Waals surface area contributed by atoms with E-state index in [0.29, 0.717) is 29.6 Å². The highest BCUT2D eigenvalue weighted by atomic mass is 16.5. The minimum absolute atomic E-state index is 0.275. The Morgan fingerprint density at radius 3 is 2.17 bits per heavy atom. The van der Waals surface area contributed by atoms with Gasteiger partial charge < -0.3 is 4.74 Å². The summed E-state index contributed by atoms with van der Waals surface area (Å²) in [5.74, 6) is 4.24. The molecule has 0 aliphatic carbocycles. The van der Waals surface area contributed by atoms with Crippen molar-refractivity contribution in [3.63, 3.8) is 0 Å². The van der Waals surface area contributed by atoms with E-state index in [0.717, 1.165) is 0 Å². The van der Waals surface area contributed by atoms with Crippen LogP contribution in [0, 0.1) is 31.6 Å². The van der Waals surface area contributed by atoms with E-state index in [1.54, 1.807) is 0 Å². The Labute approximate surface area is 143 Å². The summed E-state index contributed by atoms with van der Waals surface area (Å²) in [7, 11) is 0. The molecule has 0 saturated carbocycles. The van der Waals surface area contributed by atoms with Gasteiger partial charge in [0.05, 0.1) is 6.10 Å². The van der Waals surface area contributed by atoms with Crippen LogP contribution >= 0.6 is 0 Å². The highest BCUT2D eigenvalue weighted by Crippen LogP contribution is 2.47. The summed E-state index contributed by atoms with van der Waals surface area (Å²) in [4.78, 5) is 0. The zero-order valence-corrected chi connectivity index (χ0v) is 16.7. The molecule has 0 N–H and O–H groups in total. The zero-order valence-electron chi connectivity index (χ0n) is 16.7. The van der Waals surface area contributed by atoms with Gasteiger partial charge in [0.25, 0.3) is 0 Å². The second kappa shape index (κ2) is 6.87. The maximum Gasteiger partial charge on any atom is 0.126 e. The third kappa shape index (κ3) is 3.44. The molecule has 1 aromatic carbocycles. The molecule has 1 aliphatic rings.